The van der Waals surface area contributed by atoms with Crippen LogP contribution in [0.3, 0.4) is 0 Å². The Morgan fingerprint density at radius 1 is 1.03 bits per heavy atom. The van der Waals surface area contributed by atoms with Gasteiger partial charge in [-0.2, -0.15) is 13.2 Å². The number of imide groups is 1. The van der Waals surface area contributed by atoms with Gasteiger partial charge in [-0.05, 0) is 18.9 Å². The van der Waals surface area contributed by atoms with Crippen LogP contribution in [0.4, 0.5) is 19.0 Å². The summed E-state index contributed by atoms with van der Waals surface area (Å²) in [6, 6.07) is 0.883. The first-order chi connectivity index (χ1) is 13.8. The number of carbonyl (C=O) groups excluding carboxylic acids is 2. The van der Waals surface area contributed by atoms with Crippen LogP contribution < -0.4 is 4.90 Å². The van der Waals surface area contributed by atoms with E-state index in [1.807, 2.05) is 22.0 Å². The first-order valence-corrected chi connectivity index (χ1v) is 9.84. The third-order valence-electron chi connectivity index (χ3n) is 5.76. The van der Waals surface area contributed by atoms with E-state index in [0.29, 0.717) is 44.8 Å². The summed E-state index contributed by atoms with van der Waals surface area (Å²) in [4.78, 5) is 34.2. The van der Waals surface area contributed by atoms with Crippen LogP contribution in [-0.2, 0) is 15.8 Å². The molecular formula is C19H20ClF3N4O2. The largest absolute Gasteiger partial charge is 0.417 e. The highest BCUT2D eigenvalue weighted by molar-refractivity contribution is 6.33. The summed E-state index contributed by atoms with van der Waals surface area (Å²) in [5.41, 5.74) is -0.882. The van der Waals surface area contributed by atoms with Crippen LogP contribution in [0.5, 0.6) is 0 Å². The molecule has 0 aromatic carbocycles. The lowest BCUT2D eigenvalue weighted by molar-refractivity contribution is -0.142. The van der Waals surface area contributed by atoms with Crippen molar-refractivity contribution in [1.29, 1.82) is 0 Å². The lowest BCUT2D eigenvalue weighted by Crippen LogP contribution is -2.51. The molecule has 156 valence electrons. The number of piperazine rings is 1. The van der Waals surface area contributed by atoms with Crippen molar-refractivity contribution in [2.45, 2.75) is 19.0 Å². The maximum Gasteiger partial charge on any atom is 0.417 e. The number of amides is 2. The number of fused-ring (bicyclic) bond motifs is 1. The summed E-state index contributed by atoms with van der Waals surface area (Å²) < 4.78 is 38.3. The van der Waals surface area contributed by atoms with Crippen molar-refractivity contribution < 1.29 is 22.8 Å². The van der Waals surface area contributed by atoms with Gasteiger partial charge in [-0.15, -0.1) is 0 Å². The Hall–Kier alpha value is -2.13. The van der Waals surface area contributed by atoms with E-state index >= 15 is 0 Å². The summed E-state index contributed by atoms with van der Waals surface area (Å²) in [5.74, 6) is -0.406. The van der Waals surface area contributed by atoms with Gasteiger partial charge in [0, 0.05) is 32.4 Å². The minimum Gasteiger partial charge on any atom is -0.353 e. The fourth-order valence-corrected chi connectivity index (χ4v) is 4.41. The summed E-state index contributed by atoms with van der Waals surface area (Å²) in [7, 11) is 0. The van der Waals surface area contributed by atoms with Crippen LogP contribution in [-0.4, -0.2) is 59.4 Å². The molecule has 0 N–H and O–H groups in total. The number of aromatic nitrogens is 1. The predicted molar refractivity (Wildman–Crippen MR) is 100 cm³/mol. The third kappa shape index (κ3) is 3.85. The first-order valence-electron chi connectivity index (χ1n) is 9.46. The van der Waals surface area contributed by atoms with Crippen molar-refractivity contribution in [3.8, 4) is 0 Å². The number of anilines is 1. The van der Waals surface area contributed by atoms with Gasteiger partial charge in [-0.1, -0.05) is 23.8 Å². The average molecular weight is 429 g/mol. The van der Waals surface area contributed by atoms with Gasteiger partial charge >= 0.3 is 6.18 Å². The van der Waals surface area contributed by atoms with Gasteiger partial charge in [0.05, 0.1) is 29.1 Å². The fraction of sp³-hybridized carbons (Fsp3) is 0.526. The van der Waals surface area contributed by atoms with Gasteiger partial charge in [0.1, 0.15) is 5.82 Å². The van der Waals surface area contributed by atoms with E-state index in [0.717, 1.165) is 12.3 Å². The summed E-state index contributed by atoms with van der Waals surface area (Å²) >= 11 is 6.03. The number of halogens is 4. The van der Waals surface area contributed by atoms with Gasteiger partial charge in [-0.25, -0.2) is 4.98 Å². The van der Waals surface area contributed by atoms with E-state index in [1.54, 1.807) is 0 Å². The topological polar surface area (TPSA) is 56.8 Å². The second kappa shape index (κ2) is 7.60. The van der Waals surface area contributed by atoms with Crippen molar-refractivity contribution in [3.05, 3.63) is 35.0 Å². The zero-order valence-electron chi connectivity index (χ0n) is 15.5. The van der Waals surface area contributed by atoms with Gasteiger partial charge in [0.2, 0.25) is 11.8 Å². The second-order valence-corrected chi connectivity index (χ2v) is 7.94. The van der Waals surface area contributed by atoms with E-state index < -0.39 is 11.7 Å². The Morgan fingerprint density at radius 2 is 1.62 bits per heavy atom. The second-order valence-electron chi connectivity index (χ2n) is 7.53. The van der Waals surface area contributed by atoms with Crippen LogP contribution in [0.1, 0.15) is 18.4 Å². The molecular weight excluding hydrogens is 409 g/mol. The third-order valence-corrected chi connectivity index (χ3v) is 6.04. The number of allylic oxidation sites excluding steroid dienone is 2. The predicted octanol–water partition coefficient (Wildman–Crippen LogP) is 2.78. The molecule has 29 heavy (non-hydrogen) atoms. The van der Waals surface area contributed by atoms with Gasteiger partial charge in [0.25, 0.3) is 0 Å². The fourth-order valence-electron chi connectivity index (χ4n) is 4.13. The molecule has 0 bridgehead atoms. The van der Waals surface area contributed by atoms with Crippen molar-refractivity contribution in [1.82, 2.24) is 14.8 Å². The van der Waals surface area contributed by atoms with E-state index in [-0.39, 0.29) is 35.3 Å². The molecule has 1 aromatic heterocycles. The van der Waals surface area contributed by atoms with Gasteiger partial charge in [0.15, 0.2) is 0 Å². The molecule has 0 spiro atoms. The highest BCUT2D eigenvalue weighted by Crippen LogP contribution is 2.36. The monoisotopic (exact) mass is 428 g/mol. The SMILES string of the molecule is O=C1[C@H]2CC=CC[C@H]2C(=O)N1CN1CCN(c2ncc(C(F)(F)F)cc2Cl)CC1. The molecule has 1 aromatic rings. The lowest BCUT2D eigenvalue weighted by Gasteiger charge is -2.37. The zero-order chi connectivity index (χ0) is 20.8. The molecule has 1 aliphatic carbocycles. The Labute approximate surface area is 170 Å². The van der Waals surface area contributed by atoms with E-state index in [2.05, 4.69) is 4.98 Å². The quantitative estimate of drug-likeness (QED) is 0.547. The highest BCUT2D eigenvalue weighted by Gasteiger charge is 2.47. The lowest BCUT2D eigenvalue weighted by atomic mass is 9.85. The molecule has 2 amide bonds. The number of likely N-dealkylation sites (tertiary alicyclic amines) is 1. The molecule has 0 unspecified atom stereocenters. The maximum atomic E-state index is 12.8. The van der Waals surface area contributed by atoms with Crippen LogP contribution >= 0.6 is 11.6 Å². The summed E-state index contributed by atoms with van der Waals surface area (Å²) in [6.45, 7) is 2.31. The first kappa shape index (κ1) is 20.2. The summed E-state index contributed by atoms with van der Waals surface area (Å²) in [6.07, 6.45) is 1.42. The van der Waals surface area contributed by atoms with Crippen LogP contribution in [0.2, 0.25) is 5.02 Å². The molecule has 2 fully saturated rings. The van der Waals surface area contributed by atoms with Gasteiger partial charge < -0.3 is 4.90 Å². The smallest absolute Gasteiger partial charge is 0.353 e. The number of hydrogen-bond donors (Lipinski definition) is 0. The number of hydrogen-bond acceptors (Lipinski definition) is 5. The molecule has 6 nitrogen and oxygen atoms in total. The standard InChI is InChI=1S/C19H20ClF3N4O2/c20-15-9-12(19(21,22)23)10-24-16(15)26-7-5-25(6-8-26)11-27-17(28)13-3-1-2-4-14(13)18(27)29/h1-2,9-10,13-14H,3-8,11H2/t13-,14+. The molecule has 2 atom stereocenters. The Morgan fingerprint density at radius 3 is 2.14 bits per heavy atom. The number of nitrogens with zero attached hydrogens (tertiary/aromatic N) is 4. The molecule has 0 saturated carbocycles. The Kier molecular flexibility index (Phi) is 5.29. The Bertz CT molecular complexity index is 826. The van der Waals surface area contributed by atoms with E-state index in [9.17, 15) is 22.8 Å². The highest BCUT2D eigenvalue weighted by atomic mass is 35.5. The number of rotatable bonds is 3. The number of alkyl halides is 3. The normalized spacial score (nSPS) is 25.7. The molecule has 3 heterocycles. The molecule has 0 radical (unpaired) electrons. The van der Waals surface area contributed by atoms with Crippen molar-refractivity contribution in [3.63, 3.8) is 0 Å². The van der Waals surface area contributed by atoms with E-state index in [4.69, 9.17) is 11.6 Å². The van der Waals surface area contributed by atoms with Crippen LogP contribution in [0, 0.1) is 11.8 Å². The molecule has 2 aliphatic heterocycles. The van der Waals surface area contributed by atoms with Crippen LogP contribution in [0.25, 0.3) is 0 Å². The van der Waals surface area contributed by atoms with Crippen LogP contribution in [0.15, 0.2) is 24.4 Å². The molecule has 3 aliphatic rings. The molecule has 4 rings (SSSR count). The van der Waals surface area contributed by atoms with Crippen molar-refractivity contribution in [2.24, 2.45) is 11.8 Å². The number of carbonyl (C=O) groups is 2. The zero-order valence-corrected chi connectivity index (χ0v) is 16.3. The number of pyridine rings is 1. The minimum absolute atomic E-state index is 0.0465. The maximum absolute atomic E-state index is 12.8. The minimum atomic E-state index is -4.49. The van der Waals surface area contributed by atoms with Gasteiger partial charge in [-0.3, -0.25) is 19.4 Å². The molecule has 10 heteroatoms. The van der Waals surface area contributed by atoms with E-state index in [1.165, 1.54) is 4.90 Å². The Balaban J connectivity index is 1.37. The summed E-state index contributed by atoms with van der Waals surface area (Å²) in [5, 5.41) is -0.0465. The average Bonchev–Trinajstić information content (AvgIpc) is 2.93. The van der Waals surface area contributed by atoms with Crippen molar-refractivity contribution >= 4 is 29.2 Å². The molecule has 2 saturated heterocycles. The van der Waals surface area contributed by atoms with Crippen molar-refractivity contribution in [2.75, 3.05) is 37.7 Å².